The van der Waals surface area contributed by atoms with Gasteiger partial charge in [0.05, 0.1) is 11.0 Å². The molecule has 0 amide bonds. The van der Waals surface area contributed by atoms with Gasteiger partial charge in [0.25, 0.3) is 5.56 Å². The van der Waals surface area contributed by atoms with E-state index in [1.54, 1.807) is 4.40 Å². The van der Waals surface area contributed by atoms with Crippen molar-refractivity contribution in [1.82, 2.24) is 19.6 Å². The molecule has 0 saturated heterocycles. The number of benzene rings is 2. The van der Waals surface area contributed by atoms with Gasteiger partial charge in [-0.25, -0.2) is 0 Å². The van der Waals surface area contributed by atoms with Gasteiger partial charge in [0, 0.05) is 17.7 Å². The first kappa shape index (κ1) is 15.6. The van der Waals surface area contributed by atoms with Crippen LogP contribution in [0, 0.1) is 0 Å². The van der Waals surface area contributed by atoms with E-state index in [0.717, 1.165) is 11.0 Å². The van der Waals surface area contributed by atoms with Crippen molar-refractivity contribution in [3.63, 3.8) is 0 Å². The van der Waals surface area contributed by atoms with E-state index in [-0.39, 0.29) is 17.0 Å². The van der Waals surface area contributed by atoms with Crippen LogP contribution < -0.4 is 5.56 Å². The second kappa shape index (κ2) is 6.52. The van der Waals surface area contributed by atoms with E-state index in [4.69, 9.17) is 0 Å². The number of nitrogens with one attached hydrogen (secondary N) is 1. The summed E-state index contributed by atoms with van der Waals surface area (Å²) in [6, 6.07) is 16.7. The number of carbonyl (C=O) groups is 1. The Balaban J connectivity index is 1.60. The number of hydrogen-bond donors (Lipinski definition) is 1. The van der Waals surface area contributed by atoms with Crippen LogP contribution >= 0.6 is 11.8 Å². The van der Waals surface area contributed by atoms with Gasteiger partial charge in [-0.1, -0.05) is 54.2 Å². The lowest BCUT2D eigenvalue weighted by Crippen LogP contribution is -2.11. The van der Waals surface area contributed by atoms with E-state index < -0.39 is 0 Å². The highest BCUT2D eigenvalue weighted by atomic mass is 32.2. The van der Waals surface area contributed by atoms with Crippen LogP contribution in [0.5, 0.6) is 0 Å². The Morgan fingerprint density at radius 3 is 2.64 bits per heavy atom. The first-order chi connectivity index (χ1) is 12.2. The van der Waals surface area contributed by atoms with Gasteiger partial charge in [0.1, 0.15) is 0 Å². The fraction of sp³-hybridized carbons (Fsp3) is 0.111. The fourth-order valence-corrected chi connectivity index (χ4v) is 3.57. The van der Waals surface area contributed by atoms with Crippen LogP contribution in [0.1, 0.15) is 16.8 Å². The third kappa shape index (κ3) is 2.94. The van der Waals surface area contributed by atoms with Gasteiger partial charge < -0.3 is 4.98 Å². The molecule has 4 rings (SSSR count). The second-order valence-electron chi connectivity index (χ2n) is 5.50. The van der Waals surface area contributed by atoms with E-state index >= 15 is 0 Å². The fourth-order valence-electron chi connectivity index (χ4n) is 2.68. The number of H-pyrrole nitrogens is 1. The van der Waals surface area contributed by atoms with Crippen LogP contribution in [0.3, 0.4) is 0 Å². The van der Waals surface area contributed by atoms with Gasteiger partial charge in [-0.15, -0.1) is 10.2 Å². The van der Waals surface area contributed by atoms with Crippen molar-refractivity contribution in [1.29, 1.82) is 0 Å². The predicted octanol–water partition coefficient (Wildman–Crippen LogP) is 2.94. The molecule has 0 atom stereocenters. The number of fused-ring (bicyclic) bond motifs is 3. The molecule has 6 nitrogen and oxygen atoms in total. The molecule has 7 heteroatoms. The summed E-state index contributed by atoms with van der Waals surface area (Å²) >= 11 is 1.42. The van der Waals surface area contributed by atoms with Crippen LogP contribution in [0.15, 0.2) is 64.5 Å². The van der Waals surface area contributed by atoms with Crippen molar-refractivity contribution in [2.24, 2.45) is 0 Å². The summed E-state index contributed by atoms with van der Waals surface area (Å²) in [5, 5.41) is 8.72. The standard InChI is InChI=1S/C18H14N4O2S/c23-15(12-6-2-1-3-7-12)10-11-25-18-21-20-16-17(24)19-13-8-4-5-9-14(13)22(16)18/h1-9H,10-11H2,(H,19,24). The Morgan fingerprint density at radius 1 is 1.04 bits per heavy atom. The zero-order valence-electron chi connectivity index (χ0n) is 13.2. The Morgan fingerprint density at radius 2 is 1.80 bits per heavy atom. The maximum Gasteiger partial charge on any atom is 0.294 e. The maximum atomic E-state index is 12.2. The van der Waals surface area contributed by atoms with Crippen molar-refractivity contribution in [3.8, 4) is 0 Å². The van der Waals surface area contributed by atoms with Crippen molar-refractivity contribution >= 4 is 34.2 Å². The van der Waals surface area contributed by atoms with Crippen molar-refractivity contribution < 1.29 is 4.79 Å². The number of hydrogen-bond acceptors (Lipinski definition) is 5. The molecule has 0 fully saturated rings. The summed E-state index contributed by atoms with van der Waals surface area (Å²) in [6.07, 6.45) is 0.394. The van der Waals surface area contributed by atoms with E-state index in [1.165, 1.54) is 11.8 Å². The van der Waals surface area contributed by atoms with Crippen molar-refractivity contribution in [3.05, 3.63) is 70.5 Å². The van der Waals surface area contributed by atoms with Gasteiger partial charge in [-0.3, -0.25) is 14.0 Å². The molecule has 0 aliphatic rings. The van der Waals surface area contributed by atoms with Crippen molar-refractivity contribution in [2.45, 2.75) is 11.6 Å². The molecule has 0 unspecified atom stereocenters. The van der Waals surface area contributed by atoms with Crippen molar-refractivity contribution in [2.75, 3.05) is 5.75 Å². The number of carbonyl (C=O) groups excluding carboxylic acids is 1. The summed E-state index contributed by atoms with van der Waals surface area (Å²) < 4.78 is 1.74. The average Bonchev–Trinajstić information content (AvgIpc) is 3.07. The number of para-hydroxylation sites is 2. The number of aromatic nitrogens is 4. The molecule has 0 spiro atoms. The lowest BCUT2D eigenvalue weighted by atomic mass is 10.1. The van der Waals surface area contributed by atoms with Gasteiger partial charge >= 0.3 is 0 Å². The molecule has 2 aromatic heterocycles. The molecule has 2 heterocycles. The minimum atomic E-state index is -0.279. The zero-order valence-corrected chi connectivity index (χ0v) is 14.0. The SMILES string of the molecule is O=C(CCSc1nnc2c(=O)[nH]c3ccccc3n12)c1ccccc1. The predicted molar refractivity (Wildman–Crippen MR) is 97.2 cm³/mol. The van der Waals surface area contributed by atoms with Gasteiger partial charge in [0.15, 0.2) is 10.9 Å². The highest BCUT2D eigenvalue weighted by molar-refractivity contribution is 7.99. The molecule has 0 aliphatic heterocycles. The Hall–Kier alpha value is -2.93. The molecule has 0 aliphatic carbocycles. The third-order valence-electron chi connectivity index (χ3n) is 3.89. The minimum absolute atomic E-state index is 0.0876. The molecule has 124 valence electrons. The smallest absolute Gasteiger partial charge is 0.294 e. The molecule has 4 aromatic rings. The number of nitrogens with zero attached hydrogens (tertiary/aromatic N) is 3. The Labute approximate surface area is 146 Å². The van der Waals surface area contributed by atoms with Gasteiger partial charge in [-0.2, -0.15) is 0 Å². The quantitative estimate of drug-likeness (QED) is 0.442. The summed E-state index contributed by atoms with van der Waals surface area (Å²) in [7, 11) is 0. The van der Waals surface area contributed by atoms with Crippen LogP contribution in [0.4, 0.5) is 0 Å². The molecule has 1 N–H and O–H groups in total. The molecular weight excluding hydrogens is 336 g/mol. The lowest BCUT2D eigenvalue weighted by molar-refractivity contribution is 0.0989. The van der Waals surface area contributed by atoms with E-state index in [0.29, 0.717) is 22.9 Å². The normalized spacial score (nSPS) is 11.2. The highest BCUT2D eigenvalue weighted by Crippen LogP contribution is 2.21. The largest absolute Gasteiger partial charge is 0.317 e. The van der Waals surface area contributed by atoms with Gasteiger partial charge in [0.2, 0.25) is 5.65 Å². The zero-order chi connectivity index (χ0) is 17.2. The number of rotatable bonds is 5. The van der Waals surface area contributed by atoms with E-state index in [2.05, 4.69) is 15.2 Å². The van der Waals surface area contributed by atoms with E-state index in [1.807, 2.05) is 54.6 Å². The van der Waals surface area contributed by atoms with E-state index in [9.17, 15) is 9.59 Å². The first-order valence-electron chi connectivity index (χ1n) is 7.81. The van der Waals surface area contributed by atoms with Crippen LogP contribution in [-0.4, -0.2) is 31.1 Å². The first-order valence-corrected chi connectivity index (χ1v) is 8.80. The average molecular weight is 350 g/mol. The molecule has 0 radical (unpaired) electrons. The van der Waals surface area contributed by atoms with Gasteiger partial charge in [-0.05, 0) is 12.1 Å². The van der Waals surface area contributed by atoms with Crippen LogP contribution in [-0.2, 0) is 0 Å². The van der Waals surface area contributed by atoms with Crippen LogP contribution in [0.25, 0.3) is 16.7 Å². The lowest BCUT2D eigenvalue weighted by Gasteiger charge is -2.04. The summed E-state index contributed by atoms with van der Waals surface area (Å²) in [5.41, 5.74) is 2.24. The monoisotopic (exact) mass is 350 g/mol. The Kier molecular flexibility index (Phi) is 4.07. The third-order valence-corrected chi connectivity index (χ3v) is 4.82. The number of aromatic amines is 1. The Bertz CT molecular complexity index is 1120. The number of ketones is 1. The minimum Gasteiger partial charge on any atom is -0.317 e. The highest BCUT2D eigenvalue weighted by Gasteiger charge is 2.13. The molecule has 25 heavy (non-hydrogen) atoms. The molecule has 0 bridgehead atoms. The number of thioether (sulfide) groups is 1. The number of Topliss-reactive ketones (excluding diaryl/α,β-unsaturated/α-hetero) is 1. The summed E-state index contributed by atoms with van der Waals surface area (Å²) in [5.74, 6) is 0.653. The summed E-state index contributed by atoms with van der Waals surface area (Å²) in [4.78, 5) is 27.1. The maximum absolute atomic E-state index is 12.2. The molecular formula is C18H14N4O2S. The van der Waals surface area contributed by atoms with Crippen LogP contribution in [0.2, 0.25) is 0 Å². The summed E-state index contributed by atoms with van der Waals surface area (Å²) in [6.45, 7) is 0. The topological polar surface area (TPSA) is 80.1 Å². The second-order valence-corrected chi connectivity index (χ2v) is 6.56. The molecule has 0 saturated carbocycles. The molecule has 2 aromatic carbocycles.